The number of rotatable bonds is 9. The number of amides is 2. The Morgan fingerprint density at radius 3 is 2.47 bits per heavy atom. The predicted molar refractivity (Wildman–Crippen MR) is 198 cm³/mol. The molecule has 2 amide bonds. The molecule has 5 aromatic rings. The third-order valence-electron chi connectivity index (χ3n) is 10.6. The Bertz CT molecular complexity index is 2320. The second kappa shape index (κ2) is 13.3. The van der Waals surface area contributed by atoms with Crippen molar-refractivity contribution in [3.8, 4) is 11.3 Å². The number of anilines is 1. The number of carboxylic acids is 1. The molecule has 5 heterocycles. The Labute approximate surface area is 305 Å². The summed E-state index contributed by atoms with van der Waals surface area (Å²) in [5.41, 5.74) is 6.93. The fourth-order valence-corrected chi connectivity index (χ4v) is 7.63. The van der Waals surface area contributed by atoms with E-state index in [-0.39, 0.29) is 42.8 Å². The number of H-pyrrole nitrogens is 1. The molecule has 1 fully saturated rings. The van der Waals surface area contributed by atoms with Crippen LogP contribution in [0.2, 0.25) is 0 Å². The lowest BCUT2D eigenvalue weighted by Gasteiger charge is -2.21. The Hall–Kier alpha value is -6.36. The highest BCUT2D eigenvalue weighted by molar-refractivity contribution is 6.15. The van der Waals surface area contributed by atoms with Crippen molar-refractivity contribution in [3.05, 3.63) is 142 Å². The number of aliphatic imine (C=N–C) groups is 1. The number of hydrogen-bond acceptors (Lipinski definition) is 7. The number of para-hydroxylation sites is 1. The van der Waals surface area contributed by atoms with E-state index in [0.717, 1.165) is 40.1 Å². The van der Waals surface area contributed by atoms with Gasteiger partial charge in [0.15, 0.2) is 11.5 Å². The number of carbonyl (C=O) groups excluding carboxylic acids is 3. The molecular formula is C42H37N5O6. The van der Waals surface area contributed by atoms with Crippen molar-refractivity contribution in [3.63, 3.8) is 0 Å². The molecule has 2 aromatic heterocycles. The summed E-state index contributed by atoms with van der Waals surface area (Å²) in [5, 5.41) is 13.8. The van der Waals surface area contributed by atoms with E-state index in [1.165, 1.54) is 10.5 Å². The zero-order chi connectivity index (χ0) is 36.9. The van der Waals surface area contributed by atoms with Crippen molar-refractivity contribution < 1.29 is 28.8 Å². The predicted octanol–water partition coefficient (Wildman–Crippen LogP) is 6.16. The van der Waals surface area contributed by atoms with Gasteiger partial charge in [-0.2, -0.15) is 0 Å². The standard InChI is InChI=1S/C42H37N5O6/c1-25-17-36(45-53-25)40(50)46-23-33(34(24-46)41(51)52)27-11-13-32(14-12-27)42(2)20-31(22-44-42)38(48)18-26-7-9-28(10-8-26)35-19-30(21-43-35)39(49)47-16-15-29-5-3-4-6-37(29)47/h3-14,17,19-22,33-34,43H,15-16,18,23-24H2,1-2H3,(H,51,52). The quantitative estimate of drug-likeness (QED) is 0.186. The number of aliphatic carboxylic acids is 1. The molecule has 266 valence electrons. The van der Waals surface area contributed by atoms with Crippen LogP contribution >= 0.6 is 0 Å². The van der Waals surface area contributed by atoms with E-state index in [1.54, 1.807) is 25.4 Å². The van der Waals surface area contributed by atoms with Gasteiger partial charge in [-0.1, -0.05) is 71.9 Å². The van der Waals surface area contributed by atoms with Crippen molar-refractivity contribution in [2.75, 3.05) is 24.5 Å². The summed E-state index contributed by atoms with van der Waals surface area (Å²) >= 11 is 0. The van der Waals surface area contributed by atoms with Crippen LogP contribution in [0.25, 0.3) is 11.3 Å². The Balaban J connectivity index is 0.905. The van der Waals surface area contributed by atoms with E-state index >= 15 is 0 Å². The van der Waals surface area contributed by atoms with E-state index in [2.05, 4.69) is 16.2 Å². The van der Waals surface area contributed by atoms with Gasteiger partial charge in [0, 0.05) is 67.4 Å². The monoisotopic (exact) mass is 707 g/mol. The number of carboxylic acid groups (broad SMARTS) is 1. The number of aromatic amines is 1. The van der Waals surface area contributed by atoms with Crippen molar-refractivity contribution >= 4 is 35.5 Å². The fourth-order valence-electron chi connectivity index (χ4n) is 7.63. The van der Waals surface area contributed by atoms with Crippen LogP contribution in [0.3, 0.4) is 0 Å². The summed E-state index contributed by atoms with van der Waals surface area (Å²) in [6.07, 6.45) is 6.28. The molecule has 0 aliphatic carbocycles. The maximum Gasteiger partial charge on any atom is 0.308 e. The molecule has 0 saturated carbocycles. The van der Waals surface area contributed by atoms with Crippen LogP contribution in [0.1, 0.15) is 61.7 Å². The SMILES string of the molecule is Cc1cc(C(=O)N2CC(C(=O)O)C(c3ccc(C4(C)C=C(C(=O)Cc5ccc(-c6cc(C(=O)N7CCc8ccccc87)c[nH]6)cc5)C=N4)cc3)C2)no1. The summed E-state index contributed by atoms with van der Waals surface area (Å²) in [5.74, 6) is -2.06. The molecular weight excluding hydrogens is 670 g/mol. The summed E-state index contributed by atoms with van der Waals surface area (Å²) in [7, 11) is 0. The lowest BCUT2D eigenvalue weighted by atomic mass is 9.86. The summed E-state index contributed by atoms with van der Waals surface area (Å²) in [4.78, 5) is 63.1. The number of aromatic nitrogens is 2. The van der Waals surface area contributed by atoms with E-state index < -0.39 is 23.3 Å². The van der Waals surface area contributed by atoms with Gasteiger partial charge in [0.05, 0.1) is 11.5 Å². The molecule has 0 spiro atoms. The number of ketones is 1. The minimum absolute atomic E-state index is 0.0333. The molecule has 0 radical (unpaired) electrons. The largest absolute Gasteiger partial charge is 0.481 e. The zero-order valence-electron chi connectivity index (χ0n) is 29.3. The van der Waals surface area contributed by atoms with Gasteiger partial charge in [-0.25, -0.2) is 0 Å². The normalized spacial score (nSPS) is 20.5. The van der Waals surface area contributed by atoms with Crippen LogP contribution in [0, 0.1) is 12.8 Å². The van der Waals surface area contributed by atoms with Gasteiger partial charge in [-0.3, -0.25) is 24.2 Å². The average molecular weight is 708 g/mol. The topological polar surface area (TPSA) is 149 Å². The van der Waals surface area contributed by atoms with Gasteiger partial charge >= 0.3 is 5.97 Å². The van der Waals surface area contributed by atoms with Crippen molar-refractivity contribution in [2.24, 2.45) is 10.9 Å². The number of benzene rings is 3. The third-order valence-corrected chi connectivity index (χ3v) is 10.6. The highest BCUT2D eigenvalue weighted by atomic mass is 16.5. The minimum Gasteiger partial charge on any atom is -0.481 e. The summed E-state index contributed by atoms with van der Waals surface area (Å²) < 4.78 is 5.04. The maximum atomic E-state index is 13.4. The van der Waals surface area contributed by atoms with E-state index in [4.69, 9.17) is 9.52 Å². The molecule has 0 bridgehead atoms. The molecule has 1 saturated heterocycles. The highest BCUT2D eigenvalue weighted by Crippen LogP contribution is 2.37. The van der Waals surface area contributed by atoms with Crippen LogP contribution in [-0.2, 0) is 28.0 Å². The van der Waals surface area contributed by atoms with E-state index in [9.17, 15) is 24.3 Å². The number of nitrogens with zero attached hydrogens (tertiary/aromatic N) is 4. The Morgan fingerprint density at radius 2 is 1.74 bits per heavy atom. The minimum atomic E-state index is -0.964. The van der Waals surface area contributed by atoms with E-state index in [1.807, 2.05) is 90.7 Å². The molecule has 11 heteroatoms. The molecule has 3 atom stereocenters. The summed E-state index contributed by atoms with van der Waals surface area (Å²) in [6, 6.07) is 26.7. The smallest absolute Gasteiger partial charge is 0.308 e. The Kier molecular flexibility index (Phi) is 8.48. The second-order valence-corrected chi connectivity index (χ2v) is 14.1. The first kappa shape index (κ1) is 33.8. The van der Waals surface area contributed by atoms with Crippen LogP contribution < -0.4 is 4.90 Å². The molecule has 2 N–H and O–H groups in total. The number of hydrogen-bond donors (Lipinski definition) is 2. The van der Waals surface area contributed by atoms with Crippen molar-refractivity contribution in [2.45, 2.75) is 38.1 Å². The Morgan fingerprint density at radius 1 is 0.962 bits per heavy atom. The highest BCUT2D eigenvalue weighted by Gasteiger charge is 2.41. The molecule has 53 heavy (non-hydrogen) atoms. The first-order valence-corrected chi connectivity index (χ1v) is 17.6. The van der Waals surface area contributed by atoms with Gasteiger partial charge in [-0.15, -0.1) is 0 Å². The number of Topliss-reactive ketones (excluding diaryl/α,β-unsaturated/α-hetero) is 1. The first-order valence-electron chi connectivity index (χ1n) is 17.6. The number of aryl methyl sites for hydroxylation is 1. The second-order valence-electron chi connectivity index (χ2n) is 14.1. The molecule has 3 aromatic carbocycles. The van der Waals surface area contributed by atoms with Crippen LogP contribution in [0.15, 0.2) is 112 Å². The molecule has 3 aliphatic heterocycles. The maximum absolute atomic E-state index is 13.4. The number of fused-ring (bicyclic) bond motifs is 1. The molecule has 11 nitrogen and oxygen atoms in total. The lowest BCUT2D eigenvalue weighted by molar-refractivity contribution is -0.141. The summed E-state index contributed by atoms with van der Waals surface area (Å²) in [6.45, 7) is 4.62. The molecule has 3 aliphatic rings. The average Bonchev–Trinajstić information content (AvgIpc) is 4.02. The zero-order valence-corrected chi connectivity index (χ0v) is 29.3. The van der Waals surface area contributed by atoms with Crippen LogP contribution in [0.4, 0.5) is 5.69 Å². The number of allylic oxidation sites excluding steroid dienone is 1. The van der Waals surface area contributed by atoms with Crippen molar-refractivity contribution in [1.29, 1.82) is 0 Å². The van der Waals surface area contributed by atoms with Gasteiger partial charge in [0.25, 0.3) is 11.8 Å². The fraction of sp³-hybridized carbons (Fsp3) is 0.238. The van der Waals surface area contributed by atoms with Gasteiger partial charge < -0.3 is 24.4 Å². The number of nitrogens with one attached hydrogen (secondary N) is 1. The third kappa shape index (κ3) is 6.39. The number of carbonyl (C=O) groups is 4. The van der Waals surface area contributed by atoms with Crippen LogP contribution in [-0.4, -0.2) is 69.6 Å². The van der Waals surface area contributed by atoms with Gasteiger partial charge in [0.1, 0.15) is 11.3 Å². The first-order chi connectivity index (χ1) is 25.6. The van der Waals surface area contributed by atoms with E-state index in [0.29, 0.717) is 23.4 Å². The van der Waals surface area contributed by atoms with Crippen LogP contribution in [0.5, 0.6) is 0 Å². The molecule has 8 rings (SSSR count). The van der Waals surface area contributed by atoms with Gasteiger partial charge in [0.2, 0.25) is 0 Å². The molecule has 3 unspecified atom stereocenters. The van der Waals surface area contributed by atoms with Gasteiger partial charge in [-0.05, 0) is 66.3 Å². The lowest BCUT2D eigenvalue weighted by Crippen LogP contribution is -2.30. The number of likely N-dealkylation sites (tertiary alicyclic amines) is 1. The van der Waals surface area contributed by atoms with Crippen molar-refractivity contribution in [1.82, 2.24) is 15.0 Å².